The number of hydrogen-bond acceptors (Lipinski definition) is 6. The number of methoxy groups -OCH3 is 1. The lowest BCUT2D eigenvalue weighted by atomic mass is 10.1. The van der Waals surface area contributed by atoms with E-state index in [1.165, 1.54) is 7.11 Å². The van der Waals surface area contributed by atoms with Gasteiger partial charge in [-0.25, -0.2) is 4.79 Å². The van der Waals surface area contributed by atoms with Gasteiger partial charge < -0.3 is 14.2 Å². The number of hydrogen-bond donors (Lipinski definition) is 0. The van der Waals surface area contributed by atoms with E-state index in [0.29, 0.717) is 30.2 Å². The normalized spacial score (nSPS) is 10.6. The number of rotatable bonds is 7. The molecular formula is C22H23N3O4. The van der Waals surface area contributed by atoms with E-state index in [1.807, 2.05) is 43.3 Å². The molecule has 0 atom stereocenters. The maximum Gasteiger partial charge on any atom is 0.337 e. The highest BCUT2D eigenvalue weighted by molar-refractivity contribution is 5.89. The van der Waals surface area contributed by atoms with Crippen molar-refractivity contribution in [3.05, 3.63) is 71.1 Å². The van der Waals surface area contributed by atoms with Crippen molar-refractivity contribution in [1.29, 1.82) is 0 Å². The molecule has 2 aromatic carbocycles. The van der Waals surface area contributed by atoms with Crippen molar-refractivity contribution in [3.63, 3.8) is 0 Å². The molecule has 1 heterocycles. The lowest BCUT2D eigenvalue weighted by Crippen LogP contribution is -2.26. The van der Waals surface area contributed by atoms with E-state index in [0.717, 1.165) is 16.7 Å². The van der Waals surface area contributed by atoms with E-state index in [4.69, 9.17) is 4.52 Å². The molecule has 3 aromatic rings. The van der Waals surface area contributed by atoms with E-state index >= 15 is 0 Å². The fourth-order valence-electron chi connectivity index (χ4n) is 2.81. The van der Waals surface area contributed by atoms with Gasteiger partial charge in [0.1, 0.15) is 0 Å². The minimum atomic E-state index is -0.384. The van der Waals surface area contributed by atoms with Crippen LogP contribution in [0.25, 0.3) is 11.4 Å². The minimum absolute atomic E-state index is 0.0304. The second-order valence-electron chi connectivity index (χ2n) is 6.82. The zero-order chi connectivity index (χ0) is 20.8. The Morgan fingerprint density at radius 3 is 2.41 bits per heavy atom. The Morgan fingerprint density at radius 2 is 1.76 bits per heavy atom. The van der Waals surface area contributed by atoms with E-state index in [1.54, 1.807) is 24.1 Å². The van der Waals surface area contributed by atoms with E-state index < -0.39 is 0 Å². The molecule has 1 amide bonds. The van der Waals surface area contributed by atoms with E-state index in [9.17, 15) is 9.59 Å². The molecule has 0 aliphatic heterocycles. The fourth-order valence-corrected chi connectivity index (χ4v) is 2.81. The third-order valence-corrected chi connectivity index (χ3v) is 4.55. The Hall–Kier alpha value is -3.48. The topological polar surface area (TPSA) is 85.5 Å². The molecule has 0 aliphatic rings. The van der Waals surface area contributed by atoms with E-state index in [2.05, 4.69) is 14.9 Å². The first kappa shape index (κ1) is 20.3. The van der Waals surface area contributed by atoms with Crippen LogP contribution in [0.1, 0.15) is 33.8 Å². The number of ether oxygens (including phenoxy) is 1. The Morgan fingerprint density at radius 1 is 1.07 bits per heavy atom. The number of aryl methyl sites for hydroxylation is 2. The van der Waals surface area contributed by atoms with Gasteiger partial charge in [0.2, 0.25) is 17.6 Å². The maximum absolute atomic E-state index is 12.4. The molecule has 0 saturated heterocycles. The summed E-state index contributed by atoms with van der Waals surface area (Å²) in [5.41, 5.74) is 3.44. The van der Waals surface area contributed by atoms with Crippen molar-refractivity contribution in [2.24, 2.45) is 0 Å². The van der Waals surface area contributed by atoms with E-state index in [-0.39, 0.29) is 18.3 Å². The van der Waals surface area contributed by atoms with Crippen molar-refractivity contribution in [2.75, 3.05) is 14.2 Å². The summed E-state index contributed by atoms with van der Waals surface area (Å²) in [6.07, 6.45) is 0.648. The predicted octanol–water partition coefficient (Wildman–Crippen LogP) is 3.42. The highest BCUT2D eigenvalue weighted by Gasteiger charge is 2.14. The van der Waals surface area contributed by atoms with Gasteiger partial charge in [0.25, 0.3) is 0 Å². The Balaban J connectivity index is 1.52. The fraction of sp³-hybridized carbons (Fsp3) is 0.273. The lowest BCUT2D eigenvalue weighted by molar-refractivity contribution is -0.130. The summed E-state index contributed by atoms with van der Waals surface area (Å²) in [7, 11) is 3.08. The molecule has 29 heavy (non-hydrogen) atoms. The summed E-state index contributed by atoms with van der Waals surface area (Å²) in [6, 6.07) is 14.8. The second-order valence-corrected chi connectivity index (χ2v) is 6.82. The maximum atomic E-state index is 12.4. The number of nitrogens with zero attached hydrogens (tertiary/aromatic N) is 3. The van der Waals surface area contributed by atoms with Gasteiger partial charge in [-0.15, -0.1) is 0 Å². The van der Waals surface area contributed by atoms with Crippen LogP contribution in [0.5, 0.6) is 0 Å². The summed E-state index contributed by atoms with van der Waals surface area (Å²) < 4.78 is 9.95. The summed E-state index contributed by atoms with van der Waals surface area (Å²) in [4.78, 5) is 29.9. The van der Waals surface area contributed by atoms with Crippen molar-refractivity contribution < 1.29 is 18.8 Å². The molecular weight excluding hydrogens is 370 g/mol. The minimum Gasteiger partial charge on any atom is -0.465 e. The molecule has 0 unspecified atom stereocenters. The van der Waals surface area contributed by atoms with Gasteiger partial charge in [-0.2, -0.15) is 4.98 Å². The van der Waals surface area contributed by atoms with Crippen LogP contribution in [0.15, 0.2) is 53.1 Å². The first-order valence-electron chi connectivity index (χ1n) is 9.27. The zero-order valence-electron chi connectivity index (χ0n) is 16.7. The van der Waals surface area contributed by atoms with Crippen molar-refractivity contribution >= 4 is 11.9 Å². The third-order valence-electron chi connectivity index (χ3n) is 4.55. The summed E-state index contributed by atoms with van der Waals surface area (Å²) >= 11 is 0. The SMILES string of the molecule is COC(=O)c1ccc(CN(C)C(=O)CCc2nc(-c3ccc(C)cc3)no2)cc1. The van der Waals surface area contributed by atoms with Gasteiger partial charge in [-0.05, 0) is 24.6 Å². The van der Waals surface area contributed by atoms with Crippen LogP contribution in [0, 0.1) is 6.92 Å². The average Bonchev–Trinajstić information content (AvgIpc) is 3.21. The number of carbonyl (C=O) groups is 2. The highest BCUT2D eigenvalue weighted by atomic mass is 16.5. The van der Waals surface area contributed by atoms with Crippen molar-refractivity contribution in [1.82, 2.24) is 15.0 Å². The first-order chi connectivity index (χ1) is 14.0. The van der Waals surface area contributed by atoms with Crippen molar-refractivity contribution in [3.8, 4) is 11.4 Å². The number of benzene rings is 2. The highest BCUT2D eigenvalue weighted by Crippen LogP contribution is 2.17. The van der Waals surface area contributed by atoms with Gasteiger partial charge in [-0.3, -0.25) is 4.79 Å². The number of amides is 1. The number of aromatic nitrogens is 2. The van der Waals surface area contributed by atoms with Crippen LogP contribution < -0.4 is 0 Å². The van der Waals surface area contributed by atoms with Gasteiger partial charge in [-0.1, -0.05) is 47.1 Å². The molecule has 0 saturated carbocycles. The quantitative estimate of drug-likeness (QED) is 0.572. The molecule has 0 radical (unpaired) electrons. The molecule has 0 N–H and O–H groups in total. The summed E-state index contributed by atoms with van der Waals surface area (Å²) in [5, 5.41) is 3.99. The first-order valence-corrected chi connectivity index (χ1v) is 9.27. The Labute approximate surface area is 169 Å². The van der Waals surface area contributed by atoms with Crippen molar-refractivity contribution in [2.45, 2.75) is 26.3 Å². The standard InChI is InChI=1S/C22H23N3O4/c1-15-4-8-17(9-5-15)21-23-19(29-24-21)12-13-20(26)25(2)14-16-6-10-18(11-7-16)22(27)28-3/h4-11H,12-14H2,1-3H3. The van der Waals surface area contributed by atoms with Crippen LogP contribution >= 0.6 is 0 Å². The number of carbonyl (C=O) groups excluding carboxylic acids is 2. The molecule has 150 valence electrons. The molecule has 1 aromatic heterocycles. The smallest absolute Gasteiger partial charge is 0.337 e. The van der Waals surface area contributed by atoms with Crippen LogP contribution in [-0.4, -0.2) is 41.1 Å². The third kappa shape index (κ3) is 5.28. The Kier molecular flexibility index (Phi) is 6.39. The molecule has 0 fully saturated rings. The predicted molar refractivity (Wildman–Crippen MR) is 107 cm³/mol. The monoisotopic (exact) mass is 393 g/mol. The van der Waals surface area contributed by atoms with Crippen LogP contribution in [-0.2, 0) is 22.5 Å². The summed E-state index contributed by atoms with van der Waals surface area (Å²) in [5.74, 6) is 0.541. The van der Waals surface area contributed by atoms with Gasteiger partial charge in [0.05, 0.1) is 12.7 Å². The second kappa shape index (κ2) is 9.14. The molecule has 3 rings (SSSR count). The Bertz CT molecular complexity index is 978. The molecule has 7 nitrogen and oxygen atoms in total. The molecule has 0 aliphatic carbocycles. The van der Waals surface area contributed by atoms with Crippen LogP contribution in [0.2, 0.25) is 0 Å². The zero-order valence-corrected chi connectivity index (χ0v) is 16.7. The number of esters is 1. The average molecular weight is 393 g/mol. The summed E-state index contributed by atoms with van der Waals surface area (Å²) in [6.45, 7) is 2.46. The van der Waals surface area contributed by atoms with Gasteiger partial charge in [0.15, 0.2) is 0 Å². The largest absolute Gasteiger partial charge is 0.465 e. The molecule has 0 bridgehead atoms. The molecule has 0 spiro atoms. The lowest BCUT2D eigenvalue weighted by Gasteiger charge is -2.17. The van der Waals surface area contributed by atoms with Gasteiger partial charge >= 0.3 is 5.97 Å². The molecule has 7 heteroatoms. The van der Waals surface area contributed by atoms with Crippen LogP contribution in [0.4, 0.5) is 0 Å². The van der Waals surface area contributed by atoms with Crippen LogP contribution in [0.3, 0.4) is 0 Å². The van der Waals surface area contributed by atoms with Gasteiger partial charge in [0, 0.05) is 32.0 Å².